The summed E-state index contributed by atoms with van der Waals surface area (Å²) in [4.78, 5) is 0. The Morgan fingerprint density at radius 3 is 2.66 bits per heavy atom. The van der Waals surface area contributed by atoms with Crippen LogP contribution in [-0.4, -0.2) is 29.5 Å². The molecule has 4 saturated carbocycles. The highest BCUT2D eigenvalue weighted by Gasteiger charge is 2.65. The van der Waals surface area contributed by atoms with E-state index in [2.05, 4.69) is 30.7 Å². The van der Waals surface area contributed by atoms with E-state index in [0.717, 1.165) is 37.0 Å². The molecule has 29 heavy (non-hydrogen) atoms. The Balaban J connectivity index is 1.37. The van der Waals surface area contributed by atoms with Crippen LogP contribution < -0.4 is 0 Å². The molecule has 0 aliphatic heterocycles. The van der Waals surface area contributed by atoms with Crippen LogP contribution in [-0.2, 0) is 10.3 Å². The number of ether oxygens (including phenoxy) is 1. The second-order valence-electron chi connectivity index (χ2n) is 11.0. The molecule has 4 aliphatic carbocycles. The number of hydrogen-bond donors (Lipinski definition) is 2. The fourth-order valence-corrected chi connectivity index (χ4v) is 9.30. The van der Waals surface area contributed by atoms with Gasteiger partial charge in [-0.15, -0.1) is 0 Å². The lowest BCUT2D eigenvalue weighted by Crippen LogP contribution is -2.56. The van der Waals surface area contributed by atoms with Gasteiger partial charge in [0, 0.05) is 5.41 Å². The monoisotopic (exact) mass is 418 g/mol. The molecule has 0 saturated heterocycles. The Hall–Kier alpha value is -0.420. The summed E-state index contributed by atoms with van der Waals surface area (Å²) in [5, 5.41) is 25.3. The number of hydrogen-bond acceptors (Lipinski definition) is 4. The molecule has 4 heteroatoms. The van der Waals surface area contributed by atoms with Crippen molar-refractivity contribution in [2.75, 3.05) is 13.2 Å². The van der Waals surface area contributed by atoms with Gasteiger partial charge in [0.2, 0.25) is 0 Å². The summed E-state index contributed by atoms with van der Waals surface area (Å²) in [5.41, 5.74) is 1.01. The van der Waals surface area contributed by atoms with Crippen molar-refractivity contribution in [3.63, 3.8) is 0 Å². The summed E-state index contributed by atoms with van der Waals surface area (Å²) in [5.74, 6) is 3.01. The van der Waals surface area contributed by atoms with E-state index in [1.807, 2.05) is 0 Å². The summed E-state index contributed by atoms with van der Waals surface area (Å²) in [6.07, 6.45) is 11.2. The Morgan fingerprint density at radius 2 is 1.90 bits per heavy atom. The normalized spacial score (nSPS) is 49.3. The molecular formula is C25H38O3S. The highest BCUT2D eigenvalue weighted by atomic mass is 32.1. The lowest BCUT2D eigenvalue weighted by molar-refractivity contribution is -0.165. The van der Waals surface area contributed by atoms with Crippen molar-refractivity contribution in [2.24, 2.45) is 34.5 Å². The maximum atomic E-state index is 11.9. The first-order chi connectivity index (χ1) is 13.9. The van der Waals surface area contributed by atoms with Crippen LogP contribution in [0.25, 0.3) is 0 Å². The van der Waals surface area contributed by atoms with Gasteiger partial charge in [-0.2, -0.15) is 11.3 Å². The summed E-state index contributed by atoms with van der Waals surface area (Å²) in [6.45, 7) is 5.62. The second-order valence-corrected chi connectivity index (χ2v) is 11.8. The highest BCUT2D eigenvalue weighted by Crippen LogP contribution is 2.70. The molecule has 1 aromatic rings. The largest absolute Gasteiger partial charge is 0.394 e. The van der Waals surface area contributed by atoms with Crippen LogP contribution in [0.15, 0.2) is 16.8 Å². The molecule has 1 unspecified atom stereocenters. The van der Waals surface area contributed by atoms with Gasteiger partial charge in [0.15, 0.2) is 0 Å². The zero-order valence-electron chi connectivity index (χ0n) is 18.1. The van der Waals surface area contributed by atoms with E-state index in [1.165, 1.54) is 44.1 Å². The van der Waals surface area contributed by atoms with E-state index in [-0.39, 0.29) is 12.0 Å². The molecule has 1 heterocycles. The van der Waals surface area contributed by atoms with Gasteiger partial charge in [0.05, 0.1) is 24.9 Å². The van der Waals surface area contributed by atoms with Crippen molar-refractivity contribution in [1.82, 2.24) is 0 Å². The fraction of sp³-hybridized carbons (Fsp3) is 0.840. The fourth-order valence-electron chi connectivity index (χ4n) is 8.58. The van der Waals surface area contributed by atoms with Gasteiger partial charge in [-0.1, -0.05) is 13.8 Å². The summed E-state index contributed by atoms with van der Waals surface area (Å²) < 4.78 is 5.93. The third kappa shape index (κ3) is 2.92. The lowest BCUT2D eigenvalue weighted by Gasteiger charge is -2.61. The van der Waals surface area contributed by atoms with Crippen molar-refractivity contribution in [2.45, 2.75) is 83.3 Å². The van der Waals surface area contributed by atoms with Crippen LogP contribution in [0.3, 0.4) is 0 Å². The summed E-state index contributed by atoms with van der Waals surface area (Å²) >= 11 is 1.72. The minimum Gasteiger partial charge on any atom is -0.394 e. The van der Waals surface area contributed by atoms with E-state index in [4.69, 9.17) is 9.84 Å². The Kier molecular flexibility index (Phi) is 5.17. The molecule has 0 radical (unpaired) electrons. The Morgan fingerprint density at radius 1 is 1.07 bits per heavy atom. The molecular weight excluding hydrogens is 380 g/mol. The van der Waals surface area contributed by atoms with Crippen LogP contribution in [0.5, 0.6) is 0 Å². The standard InChI is InChI=1S/C25H38O3S/c1-23-9-5-19(28-13-12-26)15-17(23)3-4-20-21(23)6-10-24(2)22(20)7-11-25(24,27)18-8-14-29-16-18/h8,14,16-17,19-22,26-27H,3-7,9-13,15H2,1-2H3/t17?,19-,20+,21-,22-,23-,24-,25+/m0/s1. The van der Waals surface area contributed by atoms with Gasteiger partial charge in [0.25, 0.3) is 0 Å². The van der Waals surface area contributed by atoms with Crippen LogP contribution in [0, 0.1) is 34.5 Å². The molecule has 3 nitrogen and oxygen atoms in total. The summed E-state index contributed by atoms with van der Waals surface area (Å²) in [7, 11) is 0. The van der Waals surface area contributed by atoms with E-state index < -0.39 is 5.60 Å². The van der Waals surface area contributed by atoms with E-state index in [9.17, 15) is 5.11 Å². The maximum Gasteiger partial charge on any atom is 0.0960 e. The second kappa shape index (κ2) is 7.32. The van der Waals surface area contributed by atoms with Gasteiger partial charge in [-0.25, -0.2) is 0 Å². The molecule has 4 fully saturated rings. The van der Waals surface area contributed by atoms with Gasteiger partial charge >= 0.3 is 0 Å². The number of thiophene rings is 1. The lowest BCUT2D eigenvalue weighted by atomic mass is 9.44. The van der Waals surface area contributed by atoms with Crippen molar-refractivity contribution >= 4 is 11.3 Å². The van der Waals surface area contributed by atoms with E-state index in [0.29, 0.717) is 24.0 Å². The first-order valence-electron chi connectivity index (χ1n) is 11.9. The first kappa shape index (κ1) is 20.5. The average molecular weight is 419 g/mol. The van der Waals surface area contributed by atoms with E-state index >= 15 is 0 Å². The average Bonchev–Trinajstić information content (AvgIpc) is 3.34. The zero-order valence-corrected chi connectivity index (χ0v) is 18.9. The maximum absolute atomic E-state index is 11.9. The highest BCUT2D eigenvalue weighted by molar-refractivity contribution is 7.08. The van der Waals surface area contributed by atoms with Crippen LogP contribution in [0.4, 0.5) is 0 Å². The van der Waals surface area contributed by atoms with Crippen molar-refractivity contribution < 1.29 is 14.9 Å². The van der Waals surface area contributed by atoms with Gasteiger partial charge in [0.1, 0.15) is 0 Å². The SMILES string of the molecule is C[C@]12CC[C@H](OCCO)CC1CC[C@@H]1[C@@H]2CC[C@@]2(C)[C@H]1CC[C@@]2(O)c1ccsc1. The Labute approximate surface area is 179 Å². The van der Waals surface area contributed by atoms with Crippen LogP contribution in [0.2, 0.25) is 0 Å². The first-order valence-corrected chi connectivity index (χ1v) is 12.8. The number of rotatable bonds is 4. The van der Waals surface area contributed by atoms with Crippen molar-refractivity contribution in [1.29, 1.82) is 0 Å². The van der Waals surface area contributed by atoms with Crippen LogP contribution >= 0.6 is 11.3 Å². The minimum absolute atomic E-state index is 0.0277. The molecule has 2 N–H and O–H groups in total. The third-order valence-electron chi connectivity index (χ3n) is 10.2. The predicted molar refractivity (Wildman–Crippen MR) is 117 cm³/mol. The van der Waals surface area contributed by atoms with Gasteiger partial charge in [-0.05, 0) is 109 Å². The van der Waals surface area contributed by atoms with Gasteiger partial charge < -0.3 is 14.9 Å². The third-order valence-corrected chi connectivity index (χ3v) is 10.9. The number of aliphatic hydroxyl groups excluding tert-OH is 1. The smallest absolute Gasteiger partial charge is 0.0960 e. The molecule has 8 atom stereocenters. The minimum atomic E-state index is -0.629. The molecule has 1 aromatic heterocycles. The number of aliphatic hydroxyl groups is 2. The molecule has 0 aromatic carbocycles. The quantitative estimate of drug-likeness (QED) is 0.692. The molecule has 0 spiro atoms. The molecule has 162 valence electrons. The topological polar surface area (TPSA) is 49.7 Å². The van der Waals surface area contributed by atoms with Gasteiger partial charge in [-0.3, -0.25) is 0 Å². The Bertz CT molecular complexity index is 720. The molecule has 5 rings (SSSR count). The van der Waals surface area contributed by atoms with Crippen LogP contribution in [0.1, 0.15) is 77.2 Å². The molecule has 0 bridgehead atoms. The number of fused-ring (bicyclic) bond motifs is 5. The van der Waals surface area contributed by atoms with Crippen molar-refractivity contribution in [3.05, 3.63) is 22.4 Å². The van der Waals surface area contributed by atoms with E-state index in [1.54, 1.807) is 11.3 Å². The molecule has 0 amide bonds. The molecule has 4 aliphatic rings. The summed E-state index contributed by atoms with van der Waals surface area (Å²) in [6, 6.07) is 2.16. The zero-order chi connectivity index (χ0) is 20.3. The van der Waals surface area contributed by atoms with Crippen molar-refractivity contribution in [3.8, 4) is 0 Å². The predicted octanol–water partition coefficient (Wildman–Crippen LogP) is 5.36.